The van der Waals surface area contributed by atoms with Crippen LogP contribution in [0.25, 0.3) is 5.78 Å². The van der Waals surface area contributed by atoms with Gasteiger partial charge >= 0.3 is 0 Å². The van der Waals surface area contributed by atoms with Crippen LogP contribution in [0.5, 0.6) is 0 Å². The van der Waals surface area contributed by atoms with E-state index in [-0.39, 0.29) is 8.07 Å². The number of hydrogen-bond acceptors (Lipinski definition) is 1. The summed E-state index contributed by atoms with van der Waals surface area (Å²) in [5, 5.41) is 0. The third-order valence-corrected chi connectivity index (χ3v) is 2.83. The number of rotatable bonds is 1. The molecule has 0 aliphatic heterocycles. The van der Waals surface area contributed by atoms with Crippen LogP contribution in [0.2, 0.25) is 0 Å². The number of aromatic nitrogens is 3. The molecular weight excluding hydrogens is 157 g/mol. The zero-order valence-corrected chi connectivity index (χ0v) is 7.49. The molecule has 0 saturated carbocycles. The van der Waals surface area contributed by atoms with Crippen molar-refractivity contribution in [3.8, 4) is 0 Å². The minimum absolute atomic E-state index is 0.0993. The van der Waals surface area contributed by atoms with Gasteiger partial charge in [0.2, 0.25) is 5.78 Å². The topological polar surface area (TPSA) is 22.2 Å². The first-order valence-electron chi connectivity index (χ1n) is 3.46. The summed E-state index contributed by atoms with van der Waals surface area (Å²) in [6.45, 7) is 4.42. The molecular formula is C7H10N3P. The van der Waals surface area contributed by atoms with Gasteiger partial charge in [-0.05, 0) is 21.4 Å². The molecule has 0 saturated heterocycles. The molecule has 58 valence electrons. The standard InChI is InChI=1S/C7H10N3P/c1-11(2)10-6-5-9-4-3-8-7(9)10/h3-6H,1-2H3. The normalized spacial score (nSPS) is 11.5. The summed E-state index contributed by atoms with van der Waals surface area (Å²) in [7, 11) is -0.0993. The molecule has 0 amide bonds. The molecule has 2 aromatic rings. The first-order chi connectivity index (χ1) is 5.29. The largest absolute Gasteiger partial charge is 0.296 e. The molecule has 0 N–H and O–H groups in total. The van der Waals surface area contributed by atoms with E-state index in [0.717, 1.165) is 5.78 Å². The van der Waals surface area contributed by atoms with Crippen molar-refractivity contribution in [2.45, 2.75) is 0 Å². The van der Waals surface area contributed by atoms with Crippen molar-refractivity contribution in [2.24, 2.45) is 0 Å². The zero-order chi connectivity index (χ0) is 7.84. The number of hydrogen-bond donors (Lipinski definition) is 0. The molecule has 0 fully saturated rings. The van der Waals surface area contributed by atoms with Gasteiger partial charge in [0.1, 0.15) is 0 Å². The average Bonchev–Trinajstić information content (AvgIpc) is 2.41. The highest BCUT2D eigenvalue weighted by Crippen LogP contribution is 2.29. The second-order valence-electron chi connectivity index (χ2n) is 2.62. The third-order valence-electron chi connectivity index (χ3n) is 1.65. The Hall–Kier alpha value is -0.820. The molecule has 0 unspecified atom stereocenters. The summed E-state index contributed by atoms with van der Waals surface area (Å²) in [4.78, 5) is 4.24. The summed E-state index contributed by atoms with van der Waals surface area (Å²) < 4.78 is 4.23. The van der Waals surface area contributed by atoms with Crippen LogP contribution >= 0.6 is 8.07 Å². The molecule has 0 atom stereocenters. The predicted octanol–water partition coefficient (Wildman–Crippen LogP) is 1.64. The van der Waals surface area contributed by atoms with E-state index in [1.807, 2.05) is 23.0 Å². The predicted molar refractivity (Wildman–Crippen MR) is 47.3 cm³/mol. The third kappa shape index (κ3) is 0.962. The molecule has 2 heterocycles. The van der Waals surface area contributed by atoms with Gasteiger partial charge in [-0.15, -0.1) is 0 Å². The molecule has 0 spiro atoms. The second-order valence-corrected chi connectivity index (χ2v) is 4.75. The van der Waals surface area contributed by atoms with Crippen LogP contribution in [-0.2, 0) is 0 Å². The fourth-order valence-electron chi connectivity index (χ4n) is 1.11. The quantitative estimate of drug-likeness (QED) is 0.592. The Kier molecular flexibility index (Phi) is 1.46. The Morgan fingerprint density at radius 3 is 2.82 bits per heavy atom. The van der Waals surface area contributed by atoms with E-state index in [1.54, 1.807) is 0 Å². The van der Waals surface area contributed by atoms with Gasteiger partial charge < -0.3 is 0 Å². The minimum Gasteiger partial charge on any atom is -0.296 e. The Labute approximate surface area is 66.5 Å². The molecule has 4 heteroatoms. The van der Waals surface area contributed by atoms with Crippen molar-refractivity contribution >= 4 is 13.8 Å². The number of fused-ring (bicyclic) bond motifs is 1. The monoisotopic (exact) mass is 167 g/mol. The van der Waals surface area contributed by atoms with Crippen LogP contribution in [0.3, 0.4) is 0 Å². The van der Waals surface area contributed by atoms with Crippen LogP contribution in [0.4, 0.5) is 0 Å². The smallest absolute Gasteiger partial charge is 0.217 e. The van der Waals surface area contributed by atoms with E-state index in [0.29, 0.717) is 0 Å². The zero-order valence-electron chi connectivity index (χ0n) is 6.60. The van der Waals surface area contributed by atoms with E-state index in [2.05, 4.69) is 28.8 Å². The van der Waals surface area contributed by atoms with Crippen LogP contribution in [0, 0.1) is 0 Å². The van der Waals surface area contributed by atoms with Crippen molar-refractivity contribution in [3.63, 3.8) is 0 Å². The lowest BCUT2D eigenvalue weighted by Crippen LogP contribution is -1.87. The summed E-state index contributed by atoms with van der Waals surface area (Å²) in [6.07, 6.45) is 7.90. The maximum Gasteiger partial charge on any atom is 0.217 e. The van der Waals surface area contributed by atoms with Gasteiger partial charge in [0.05, 0.1) is 0 Å². The Balaban J connectivity index is 2.68. The molecule has 0 aromatic carbocycles. The van der Waals surface area contributed by atoms with Crippen molar-refractivity contribution in [3.05, 3.63) is 24.8 Å². The van der Waals surface area contributed by atoms with E-state index in [9.17, 15) is 0 Å². The van der Waals surface area contributed by atoms with Crippen molar-refractivity contribution in [2.75, 3.05) is 13.3 Å². The van der Waals surface area contributed by atoms with E-state index in [4.69, 9.17) is 0 Å². The highest BCUT2D eigenvalue weighted by atomic mass is 31.1. The van der Waals surface area contributed by atoms with Gasteiger partial charge in [-0.1, -0.05) is 0 Å². The first kappa shape index (κ1) is 6.86. The molecule has 2 rings (SSSR count). The summed E-state index contributed by atoms with van der Waals surface area (Å²) in [6, 6.07) is 0. The lowest BCUT2D eigenvalue weighted by atomic mass is 10.9. The Bertz CT molecular complexity index is 360. The van der Waals surface area contributed by atoms with Gasteiger partial charge in [0, 0.05) is 24.8 Å². The SMILES string of the molecule is CP(C)n1ccn2ccnc12. The fourth-order valence-corrected chi connectivity index (χ4v) is 1.95. The van der Waals surface area contributed by atoms with Gasteiger partial charge in [0.15, 0.2) is 0 Å². The number of nitrogens with zero attached hydrogens (tertiary/aromatic N) is 3. The highest BCUT2D eigenvalue weighted by Gasteiger charge is 2.02. The minimum atomic E-state index is -0.0993. The first-order valence-corrected chi connectivity index (χ1v) is 5.65. The van der Waals surface area contributed by atoms with Gasteiger partial charge in [-0.2, -0.15) is 0 Å². The van der Waals surface area contributed by atoms with Crippen LogP contribution < -0.4 is 0 Å². The molecule has 11 heavy (non-hydrogen) atoms. The Morgan fingerprint density at radius 1 is 1.27 bits per heavy atom. The van der Waals surface area contributed by atoms with Crippen molar-refractivity contribution < 1.29 is 0 Å². The van der Waals surface area contributed by atoms with E-state index in [1.165, 1.54) is 0 Å². The molecule has 2 aromatic heterocycles. The molecule has 0 bridgehead atoms. The summed E-state index contributed by atoms with van der Waals surface area (Å²) in [5.41, 5.74) is 0. The average molecular weight is 167 g/mol. The number of imidazole rings is 2. The molecule has 0 aliphatic carbocycles. The lowest BCUT2D eigenvalue weighted by molar-refractivity contribution is 1.18. The van der Waals surface area contributed by atoms with Crippen LogP contribution in [0.15, 0.2) is 24.8 Å². The van der Waals surface area contributed by atoms with Gasteiger partial charge in [0.25, 0.3) is 0 Å². The van der Waals surface area contributed by atoms with Gasteiger partial charge in [-0.25, -0.2) is 4.98 Å². The summed E-state index contributed by atoms with van der Waals surface area (Å²) in [5.74, 6) is 1.04. The van der Waals surface area contributed by atoms with Crippen molar-refractivity contribution in [1.82, 2.24) is 13.7 Å². The molecule has 3 nitrogen and oxygen atoms in total. The highest BCUT2D eigenvalue weighted by molar-refractivity contribution is 7.54. The molecule has 0 aliphatic rings. The fraction of sp³-hybridized carbons (Fsp3) is 0.286. The van der Waals surface area contributed by atoms with Crippen molar-refractivity contribution in [1.29, 1.82) is 0 Å². The maximum atomic E-state index is 4.24. The van der Waals surface area contributed by atoms with Crippen LogP contribution in [-0.4, -0.2) is 27.1 Å². The lowest BCUT2D eigenvalue weighted by Gasteiger charge is -2.05. The maximum absolute atomic E-state index is 4.24. The Morgan fingerprint density at radius 2 is 2.09 bits per heavy atom. The van der Waals surface area contributed by atoms with E-state index >= 15 is 0 Å². The van der Waals surface area contributed by atoms with Gasteiger partial charge in [-0.3, -0.25) is 8.74 Å². The summed E-state index contributed by atoms with van der Waals surface area (Å²) >= 11 is 0. The van der Waals surface area contributed by atoms with Crippen LogP contribution in [0.1, 0.15) is 0 Å². The van der Waals surface area contributed by atoms with E-state index < -0.39 is 0 Å². The second kappa shape index (κ2) is 2.35. The molecule has 0 radical (unpaired) electrons.